The molecule has 9 heteroatoms. The number of carbonyl (C=O) groups excluding carboxylic acids is 2. The van der Waals surface area contributed by atoms with Gasteiger partial charge in [-0.1, -0.05) is 6.08 Å². The number of nitrogens with zero attached hydrogens (tertiary/aromatic N) is 1. The highest BCUT2D eigenvalue weighted by Gasteiger charge is 2.28. The Hall–Kier alpha value is -3.36. The molecule has 2 rings (SSSR count). The molecule has 0 bridgehead atoms. The Morgan fingerprint density at radius 3 is 2.30 bits per heavy atom. The Labute approximate surface area is 154 Å². The smallest absolute Gasteiger partial charge is 0.387 e. The van der Waals surface area contributed by atoms with Gasteiger partial charge in [-0.2, -0.15) is 8.78 Å². The van der Waals surface area contributed by atoms with Crippen molar-refractivity contribution in [1.29, 1.82) is 0 Å². The molecular weight excluding hydrogens is 364 g/mol. The molecule has 0 aliphatic carbocycles. The Morgan fingerprint density at radius 1 is 1.00 bits per heavy atom. The van der Waals surface area contributed by atoms with Crippen LogP contribution in [0.5, 0.6) is 11.5 Å². The van der Waals surface area contributed by atoms with Gasteiger partial charge in [-0.15, -0.1) is 0 Å². The van der Waals surface area contributed by atoms with Crippen LogP contribution in [-0.4, -0.2) is 39.9 Å². The number of carbonyl (C=O) groups is 2. The van der Waals surface area contributed by atoms with Crippen LogP contribution in [-0.2, 0) is 19.1 Å². The van der Waals surface area contributed by atoms with Crippen molar-refractivity contribution in [3.63, 3.8) is 0 Å². The molecule has 7 nitrogen and oxygen atoms in total. The highest BCUT2D eigenvalue weighted by Crippen LogP contribution is 2.35. The van der Waals surface area contributed by atoms with Gasteiger partial charge in [0.15, 0.2) is 11.5 Å². The minimum absolute atomic E-state index is 0.0681. The summed E-state index contributed by atoms with van der Waals surface area (Å²) in [5.74, 6) is -1.75. The van der Waals surface area contributed by atoms with Crippen molar-refractivity contribution in [2.24, 2.45) is 0 Å². The molecule has 1 aromatic carbocycles. The molecule has 0 spiro atoms. The Kier molecular flexibility index (Phi) is 6.53. The van der Waals surface area contributed by atoms with E-state index in [1.165, 1.54) is 55.7 Å². The zero-order chi connectivity index (χ0) is 20.0. The summed E-state index contributed by atoms with van der Waals surface area (Å²) in [5, 5.41) is 0. The first-order valence-corrected chi connectivity index (χ1v) is 7.60. The molecule has 0 saturated carbocycles. The molecule has 1 heterocycles. The average molecular weight is 381 g/mol. The summed E-state index contributed by atoms with van der Waals surface area (Å²) in [6.45, 7) is -3.07. The van der Waals surface area contributed by atoms with Gasteiger partial charge in [0.2, 0.25) is 0 Å². The molecule has 0 N–H and O–H groups in total. The fourth-order valence-corrected chi connectivity index (χ4v) is 2.37. The number of methoxy groups -OCH3 is 3. The molecule has 0 radical (unpaired) electrons. The van der Waals surface area contributed by atoms with Crippen molar-refractivity contribution in [3.8, 4) is 11.5 Å². The SMILES string of the molecule is COC(=O)C1=C(C(=O)OC)N(c2ccc(OC)c(OC(F)F)c2)C=CC=C1. The van der Waals surface area contributed by atoms with Crippen molar-refractivity contribution in [2.75, 3.05) is 26.2 Å². The fraction of sp³-hybridized carbons (Fsp3) is 0.222. The molecular formula is C18H17F2NO6. The largest absolute Gasteiger partial charge is 0.493 e. The summed E-state index contributed by atoms with van der Waals surface area (Å²) < 4.78 is 44.3. The fourth-order valence-electron chi connectivity index (χ4n) is 2.37. The predicted molar refractivity (Wildman–Crippen MR) is 91.4 cm³/mol. The van der Waals surface area contributed by atoms with E-state index in [2.05, 4.69) is 4.74 Å². The van der Waals surface area contributed by atoms with Crippen molar-refractivity contribution < 1.29 is 37.3 Å². The maximum atomic E-state index is 12.7. The van der Waals surface area contributed by atoms with Gasteiger partial charge in [0, 0.05) is 18.0 Å². The third kappa shape index (κ3) is 4.43. The van der Waals surface area contributed by atoms with Gasteiger partial charge < -0.3 is 23.8 Å². The standard InChI is InChI=1S/C18H17F2NO6/c1-24-13-8-7-11(10-14(13)27-18(19)20)21-9-5-4-6-12(16(22)25-2)15(21)17(23)26-3/h4-10,18H,1-3H3. The minimum Gasteiger partial charge on any atom is -0.493 e. The number of rotatable bonds is 6. The molecule has 0 atom stereocenters. The highest BCUT2D eigenvalue weighted by atomic mass is 19.3. The molecule has 0 aromatic heterocycles. The Morgan fingerprint density at radius 2 is 1.70 bits per heavy atom. The first-order chi connectivity index (χ1) is 12.9. The van der Waals surface area contributed by atoms with Gasteiger partial charge in [0.05, 0.1) is 26.9 Å². The summed E-state index contributed by atoms with van der Waals surface area (Å²) >= 11 is 0. The minimum atomic E-state index is -3.07. The monoisotopic (exact) mass is 381 g/mol. The van der Waals surface area contributed by atoms with Gasteiger partial charge in [-0.3, -0.25) is 0 Å². The first kappa shape index (κ1) is 20.0. The first-order valence-electron chi connectivity index (χ1n) is 7.60. The van der Waals surface area contributed by atoms with Crippen molar-refractivity contribution in [2.45, 2.75) is 6.61 Å². The summed E-state index contributed by atoms with van der Waals surface area (Å²) in [5.41, 5.74) is 0.0391. The normalized spacial score (nSPS) is 13.5. The topological polar surface area (TPSA) is 74.3 Å². The molecule has 0 unspecified atom stereocenters. The summed E-state index contributed by atoms with van der Waals surface area (Å²) in [6.07, 6.45) is 5.92. The molecule has 1 aromatic rings. The van der Waals surface area contributed by atoms with E-state index in [0.717, 1.165) is 7.11 Å². The zero-order valence-corrected chi connectivity index (χ0v) is 14.8. The number of alkyl halides is 2. The number of anilines is 1. The molecule has 0 saturated heterocycles. The van der Waals surface area contributed by atoms with Crippen molar-refractivity contribution in [1.82, 2.24) is 0 Å². The van der Waals surface area contributed by atoms with E-state index in [9.17, 15) is 18.4 Å². The van der Waals surface area contributed by atoms with Gasteiger partial charge in [-0.05, 0) is 24.3 Å². The molecule has 144 valence electrons. The highest BCUT2D eigenvalue weighted by molar-refractivity contribution is 6.05. The second-order valence-corrected chi connectivity index (χ2v) is 5.03. The van der Waals surface area contributed by atoms with Gasteiger partial charge in [0.1, 0.15) is 5.70 Å². The van der Waals surface area contributed by atoms with Crippen LogP contribution in [0.3, 0.4) is 0 Å². The number of allylic oxidation sites excluding steroid dienone is 2. The average Bonchev–Trinajstić information content (AvgIpc) is 2.89. The summed E-state index contributed by atoms with van der Waals surface area (Å²) in [7, 11) is 3.63. The number of halogens is 2. The number of benzene rings is 1. The Balaban J connectivity index is 2.63. The third-order valence-corrected chi connectivity index (χ3v) is 3.53. The van der Waals surface area contributed by atoms with E-state index in [1.807, 2.05) is 0 Å². The maximum Gasteiger partial charge on any atom is 0.387 e. The number of hydrogen-bond acceptors (Lipinski definition) is 7. The third-order valence-electron chi connectivity index (χ3n) is 3.53. The van der Waals surface area contributed by atoms with Crippen LogP contribution in [0.1, 0.15) is 0 Å². The van der Waals surface area contributed by atoms with Crippen LogP contribution < -0.4 is 14.4 Å². The van der Waals surface area contributed by atoms with E-state index >= 15 is 0 Å². The Bertz CT molecular complexity index is 816. The second kappa shape index (κ2) is 8.84. The lowest BCUT2D eigenvalue weighted by molar-refractivity contribution is -0.139. The van der Waals surface area contributed by atoms with Crippen LogP contribution in [0.2, 0.25) is 0 Å². The van der Waals surface area contributed by atoms with Crippen LogP contribution in [0.15, 0.2) is 53.9 Å². The lowest BCUT2D eigenvalue weighted by atomic mass is 10.1. The van der Waals surface area contributed by atoms with Gasteiger partial charge in [0.25, 0.3) is 0 Å². The second-order valence-electron chi connectivity index (χ2n) is 5.03. The molecule has 1 aliphatic heterocycles. The van der Waals surface area contributed by atoms with Crippen LogP contribution in [0.4, 0.5) is 14.5 Å². The lowest BCUT2D eigenvalue weighted by Crippen LogP contribution is -2.27. The number of hydrogen-bond donors (Lipinski definition) is 0. The van der Waals surface area contributed by atoms with Gasteiger partial charge >= 0.3 is 18.6 Å². The van der Waals surface area contributed by atoms with Crippen LogP contribution >= 0.6 is 0 Å². The maximum absolute atomic E-state index is 12.7. The van der Waals surface area contributed by atoms with Gasteiger partial charge in [-0.25, -0.2) is 9.59 Å². The molecule has 0 amide bonds. The predicted octanol–water partition coefficient (Wildman–Crippen LogP) is 2.79. The summed E-state index contributed by atoms with van der Waals surface area (Å²) in [6, 6.07) is 4.15. The van der Waals surface area contributed by atoms with E-state index in [-0.39, 0.29) is 28.5 Å². The van der Waals surface area contributed by atoms with Crippen LogP contribution in [0, 0.1) is 0 Å². The van der Waals surface area contributed by atoms with E-state index in [4.69, 9.17) is 14.2 Å². The van der Waals surface area contributed by atoms with E-state index in [1.54, 1.807) is 6.08 Å². The van der Waals surface area contributed by atoms with E-state index < -0.39 is 18.6 Å². The zero-order valence-electron chi connectivity index (χ0n) is 14.8. The lowest BCUT2D eigenvalue weighted by Gasteiger charge is -2.24. The van der Waals surface area contributed by atoms with Crippen LogP contribution in [0.25, 0.3) is 0 Å². The van der Waals surface area contributed by atoms with E-state index in [0.29, 0.717) is 0 Å². The summed E-state index contributed by atoms with van der Waals surface area (Å²) in [4.78, 5) is 25.8. The molecule has 27 heavy (non-hydrogen) atoms. The quantitative estimate of drug-likeness (QED) is 0.702. The molecule has 1 aliphatic rings. The number of esters is 2. The van der Waals surface area contributed by atoms with Crippen molar-refractivity contribution in [3.05, 3.63) is 53.9 Å². The number of ether oxygens (including phenoxy) is 4. The van der Waals surface area contributed by atoms with Crippen molar-refractivity contribution >= 4 is 17.6 Å². The molecule has 0 fully saturated rings.